The van der Waals surface area contributed by atoms with E-state index in [2.05, 4.69) is 4.74 Å². The minimum Gasteiger partial charge on any atom is -0.474 e. The third-order valence-corrected chi connectivity index (χ3v) is 1.29. The standard InChI is InChI=1S/C7H11NO5/c1-4(2)8(7(12)13-3)5(9)6(10)11/h4H,1-3H3,(H,10,11). The van der Waals surface area contributed by atoms with Crippen molar-refractivity contribution < 1.29 is 24.2 Å². The summed E-state index contributed by atoms with van der Waals surface area (Å²) < 4.78 is 4.25. The summed E-state index contributed by atoms with van der Waals surface area (Å²) in [5.74, 6) is -2.97. The van der Waals surface area contributed by atoms with Gasteiger partial charge >= 0.3 is 18.0 Å². The monoisotopic (exact) mass is 189 g/mol. The summed E-state index contributed by atoms with van der Waals surface area (Å²) in [6.45, 7) is 3.02. The first-order valence-electron chi connectivity index (χ1n) is 3.56. The summed E-state index contributed by atoms with van der Waals surface area (Å²) in [7, 11) is 1.08. The number of amides is 2. The number of carbonyl (C=O) groups excluding carboxylic acids is 2. The summed E-state index contributed by atoms with van der Waals surface area (Å²) in [6.07, 6.45) is -0.970. The maximum atomic E-state index is 10.9. The fraction of sp³-hybridized carbons (Fsp3) is 0.571. The van der Waals surface area contributed by atoms with Gasteiger partial charge in [0.15, 0.2) is 0 Å². The minimum atomic E-state index is -1.68. The molecule has 0 unspecified atom stereocenters. The quantitative estimate of drug-likeness (QED) is 0.590. The van der Waals surface area contributed by atoms with E-state index in [9.17, 15) is 14.4 Å². The first kappa shape index (κ1) is 11.4. The first-order valence-corrected chi connectivity index (χ1v) is 3.56. The second kappa shape index (κ2) is 4.44. The molecule has 2 amide bonds. The zero-order valence-electron chi connectivity index (χ0n) is 7.60. The van der Waals surface area contributed by atoms with Gasteiger partial charge in [-0.1, -0.05) is 0 Å². The normalized spacial score (nSPS) is 9.54. The van der Waals surface area contributed by atoms with Gasteiger partial charge in [0, 0.05) is 6.04 Å². The summed E-state index contributed by atoms with van der Waals surface area (Å²) >= 11 is 0. The largest absolute Gasteiger partial charge is 0.474 e. The van der Waals surface area contributed by atoms with Crippen molar-refractivity contribution in [2.24, 2.45) is 0 Å². The van der Waals surface area contributed by atoms with Gasteiger partial charge in [-0.2, -0.15) is 0 Å². The number of rotatable bonds is 1. The molecular weight excluding hydrogens is 178 g/mol. The smallest absolute Gasteiger partial charge is 0.416 e. The zero-order chi connectivity index (χ0) is 10.6. The molecule has 6 nitrogen and oxygen atoms in total. The lowest BCUT2D eigenvalue weighted by Crippen LogP contribution is -2.45. The highest BCUT2D eigenvalue weighted by Crippen LogP contribution is 2.01. The van der Waals surface area contributed by atoms with Gasteiger partial charge in [-0.05, 0) is 13.8 Å². The molecule has 0 aliphatic heterocycles. The van der Waals surface area contributed by atoms with Gasteiger partial charge in [0.1, 0.15) is 0 Å². The van der Waals surface area contributed by atoms with Crippen molar-refractivity contribution in [3.05, 3.63) is 0 Å². The van der Waals surface area contributed by atoms with Crippen LogP contribution >= 0.6 is 0 Å². The summed E-state index contributed by atoms with van der Waals surface area (Å²) in [5.41, 5.74) is 0. The number of carboxylic acids is 1. The topological polar surface area (TPSA) is 83.9 Å². The molecule has 6 heteroatoms. The zero-order valence-corrected chi connectivity index (χ0v) is 7.60. The fourth-order valence-electron chi connectivity index (χ4n) is 0.730. The summed E-state index contributed by atoms with van der Waals surface area (Å²) in [5, 5.41) is 8.35. The summed E-state index contributed by atoms with van der Waals surface area (Å²) in [4.78, 5) is 32.6. The van der Waals surface area contributed by atoms with Crippen LogP contribution in [-0.2, 0) is 14.3 Å². The highest BCUT2D eigenvalue weighted by Gasteiger charge is 2.30. The van der Waals surface area contributed by atoms with Crippen molar-refractivity contribution >= 4 is 18.0 Å². The average molecular weight is 189 g/mol. The lowest BCUT2D eigenvalue weighted by atomic mass is 10.3. The Hall–Kier alpha value is -1.59. The van der Waals surface area contributed by atoms with E-state index >= 15 is 0 Å². The molecule has 0 aliphatic carbocycles. The second-order valence-corrected chi connectivity index (χ2v) is 2.54. The average Bonchev–Trinajstić information content (AvgIpc) is 2.03. The van der Waals surface area contributed by atoms with Crippen LogP contribution in [0.2, 0.25) is 0 Å². The van der Waals surface area contributed by atoms with Crippen molar-refractivity contribution in [3.8, 4) is 0 Å². The molecule has 0 radical (unpaired) electrons. The molecule has 0 spiro atoms. The number of hydrogen-bond donors (Lipinski definition) is 1. The number of nitrogens with zero attached hydrogens (tertiary/aromatic N) is 1. The Bertz CT molecular complexity index is 235. The SMILES string of the molecule is COC(=O)N(C(=O)C(=O)O)C(C)C. The van der Waals surface area contributed by atoms with Gasteiger partial charge in [-0.3, -0.25) is 4.79 Å². The van der Waals surface area contributed by atoms with Crippen LogP contribution in [0.3, 0.4) is 0 Å². The third-order valence-electron chi connectivity index (χ3n) is 1.29. The van der Waals surface area contributed by atoms with Crippen LogP contribution < -0.4 is 0 Å². The van der Waals surface area contributed by atoms with Crippen LogP contribution in [0.1, 0.15) is 13.8 Å². The maximum Gasteiger partial charge on any atom is 0.416 e. The van der Waals surface area contributed by atoms with Gasteiger partial charge in [0.25, 0.3) is 0 Å². The number of imide groups is 1. The van der Waals surface area contributed by atoms with E-state index in [0.717, 1.165) is 7.11 Å². The van der Waals surface area contributed by atoms with Crippen LogP contribution in [0.25, 0.3) is 0 Å². The predicted octanol–water partition coefficient (Wildman–Crippen LogP) is 0.0744. The number of hydrogen-bond acceptors (Lipinski definition) is 4. The van der Waals surface area contributed by atoms with Gasteiger partial charge < -0.3 is 9.84 Å². The number of carboxylic acid groups (broad SMARTS) is 1. The number of ether oxygens (including phenoxy) is 1. The van der Waals surface area contributed by atoms with Crippen molar-refractivity contribution in [1.29, 1.82) is 0 Å². The summed E-state index contributed by atoms with van der Waals surface area (Å²) in [6, 6.07) is -0.545. The van der Waals surface area contributed by atoms with Crippen molar-refractivity contribution in [3.63, 3.8) is 0 Å². The van der Waals surface area contributed by atoms with E-state index in [1.54, 1.807) is 0 Å². The van der Waals surface area contributed by atoms with Gasteiger partial charge in [-0.15, -0.1) is 0 Å². The number of aliphatic carboxylic acids is 1. The van der Waals surface area contributed by atoms with E-state index in [4.69, 9.17) is 5.11 Å². The minimum absolute atomic E-state index is 0.530. The Kier molecular flexibility index (Phi) is 3.90. The van der Waals surface area contributed by atoms with E-state index in [-0.39, 0.29) is 0 Å². The van der Waals surface area contributed by atoms with E-state index in [1.165, 1.54) is 13.8 Å². The molecule has 13 heavy (non-hydrogen) atoms. The first-order chi connectivity index (χ1) is 5.91. The van der Waals surface area contributed by atoms with Gasteiger partial charge in [0.2, 0.25) is 0 Å². The molecular formula is C7H11NO5. The fourth-order valence-corrected chi connectivity index (χ4v) is 0.730. The molecule has 1 N–H and O–H groups in total. The van der Waals surface area contributed by atoms with Crippen molar-refractivity contribution in [1.82, 2.24) is 4.90 Å². The van der Waals surface area contributed by atoms with Crippen LogP contribution in [0, 0.1) is 0 Å². The van der Waals surface area contributed by atoms with Gasteiger partial charge in [0.05, 0.1) is 7.11 Å². The molecule has 0 saturated heterocycles. The molecule has 0 atom stereocenters. The lowest BCUT2D eigenvalue weighted by Gasteiger charge is -2.20. The Balaban J connectivity index is 4.71. The lowest BCUT2D eigenvalue weighted by molar-refractivity contribution is -0.155. The molecule has 0 aromatic heterocycles. The Morgan fingerprint density at radius 3 is 2.00 bits per heavy atom. The molecule has 74 valence electrons. The predicted molar refractivity (Wildman–Crippen MR) is 42.0 cm³/mol. The van der Waals surface area contributed by atoms with Crippen molar-refractivity contribution in [2.75, 3.05) is 7.11 Å². The molecule has 0 aromatic rings. The highest BCUT2D eigenvalue weighted by atomic mass is 16.5. The Labute approximate surface area is 75.1 Å². The molecule has 0 aromatic carbocycles. The molecule has 0 aliphatic rings. The number of methoxy groups -OCH3 is 1. The van der Waals surface area contributed by atoms with E-state index in [1.807, 2.05) is 0 Å². The second-order valence-electron chi connectivity index (χ2n) is 2.54. The van der Waals surface area contributed by atoms with Crippen LogP contribution in [0.15, 0.2) is 0 Å². The Morgan fingerprint density at radius 1 is 1.31 bits per heavy atom. The molecule has 0 fully saturated rings. The molecule has 0 bridgehead atoms. The van der Waals surface area contributed by atoms with Crippen LogP contribution in [0.4, 0.5) is 4.79 Å². The van der Waals surface area contributed by atoms with Crippen LogP contribution in [-0.4, -0.2) is 41.1 Å². The molecule has 0 saturated carbocycles. The third kappa shape index (κ3) is 2.73. The van der Waals surface area contributed by atoms with E-state index < -0.39 is 24.0 Å². The van der Waals surface area contributed by atoms with Gasteiger partial charge in [-0.25, -0.2) is 14.5 Å². The van der Waals surface area contributed by atoms with Crippen LogP contribution in [0.5, 0.6) is 0 Å². The molecule has 0 rings (SSSR count). The maximum absolute atomic E-state index is 10.9. The van der Waals surface area contributed by atoms with Crippen molar-refractivity contribution in [2.45, 2.75) is 19.9 Å². The Morgan fingerprint density at radius 2 is 1.77 bits per heavy atom. The molecule has 0 heterocycles. The number of carbonyl (C=O) groups is 3. The van der Waals surface area contributed by atoms with E-state index in [0.29, 0.717) is 4.90 Å². The highest BCUT2D eigenvalue weighted by molar-refractivity contribution is 6.34.